The first-order valence-corrected chi connectivity index (χ1v) is 6.89. The van der Waals surface area contributed by atoms with Crippen LogP contribution in [-0.4, -0.2) is 19.5 Å². The third-order valence-electron chi connectivity index (χ3n) is 2.73. The average molecular weight is 279 g/mol. The lowest BCUT2D eigenvalue weighted by atomic mass is 10.4. The predicted octanol–water partition coefficient (Wildman–Crippen LogP) is 3.24. The van der Waals surface area contributed by atoms with E-state index in [4.69, 9.17) is 11.6 Å². The van der Waals surface area contributed by atoms with Gasteiger partial charge in [-0.1, -0.05) is 0 Å². The molecule has 0 aliphatic rings. The molecule has 0 aromatic carbocycles. The van der Waals surface area contributed by atoms with Gasteiger partial charge < -0.3 is 4.57 Å². The molecule has 3 aromatic heterocycles. The highest BCUT2D eigenvalue weighted by Gasteiger charge is 2.15. The number of alkyl halides is 1. The predicted molar refractivity (Wildman–Crippen MR) is 73.0 cm³/mol. The third kappa shape index (κ3) is 2.00. The zero-order valence-corrected chi connectivity index (χ0v) is 11.3. The summed E-state index contributed by atoms with van der Waals surface area (Å²) in [5.74, 6) is 0.869. The second-order valence-electron chi connectivity index (χ2n) is 4.00. The number of thiazole rings is 1. The lowest BCUT2D eigenvalue weighted by Gasteiger charge is -2.08. The quantitative estimate of drug-likeness (QED) is 0.691. The second kappa shape index (κ2) is 4.66. The molecule has 0 saturated heterocycles. The maximum Gasteiger partial charge on any atom is 0.128 e. The number of hydrogen-bond acceptors (Lipinski definition) is 4. The Kier molecular flexibility index (Phi) is 3.01. The fourth-order valence-corrected chi connectivity index (χ4v) is 2.70. The van der Waals surface area contributed by atoms with Gasteiger partial charge in [-0.3, -0.25) is 9.97 Å². The molecule has 0 aliphatic heterocycles. The number of hydrogen-bond donors (Lipinski definition) is 0. The molecule has 4 nitrogen and oxygen atoms in total. The summed E-state index contributed by atoms with van der Waals surface area (Å²) in [4.78, 5) is 13.9. The van der Waals surface area contributed by atoms with Crippen molar-refractivity contribution in [2.24, 2.45) is 0 Å². The lowest BCUT2D eigenvalue weighted by molar-refractivity contribution is 0.749. The van der Waals surface area contributed by atoms with Crippen molar-refractivity contribution in [2.75, 3.05) is 0 Å². The molecule has 0 fully saturated rings. The molecule has 3 aromatic rings. The monoisotopic (exact) mass is 278 g/mol. The van der Waals surface area contributed by atoms with Crippen molar-refractivity contribution < 1.29 is 0 Å². The van der Waals surface area contributed by atoms with E-state index in [1.807, 2.05) is 24.7 Å². The minimum absolute atomic E-state index is 0.134. The molecule has 0 bridgehead atoms. The van der Waals surface area contributed by atoms with Gasteiger partial charge in [-0.2, -0.15) is 0 Å². The number of nitrogens with zero attached hydrogens (tertiary/aromatic N) is 4. The Morgan fingerprint density at radius 3 is 3.00 bits per heavy atom. The molecule has 3 heterocycles. The maximum atomic E-state index is 6.20. The van der Waals surface area contributed by atoms with Crippen LogP contribution >= 0.6 is 22.9 Å². The Hall–Kier alpha value is -1.46. The van der Waals surface area contributed by atoms with Crippen LogP contribution in [0.1, 0.15) is 23.0 Å². The van der Waals surface area contributed by atoms with Gasteiger partial charge in [-0.05, 0) is 13.0 Å². The normalized spacial score (nSPS) is 13.0. The summed E-state index contributed by atoms with van der Waals surface area (Å²) in [5, 5.41) is -0.134. The van der Waals surface area contributed by atoms with E-state index < -0.39 is 0 Å². The van der Waals surface area contributed by atoms with Crippen molar-refractivity contribution in [3.8, 4) is 0 Å². The number of imidazole rings is 1. The van der Waals surface area contributed by atoms with Crippen LogP contribution in [0, 0.1) is 0 Å². The summed E-state index contributed by atoms with van der Waals surface area (Å²) in [6.07, 6.45) is 5.41. The van der Waals surface area contributed by atoms with Gasteiger partial charge in [0.1, 0.15) is 11.3 Å². The van der Waals surface area contributed by atoms with Gasteiger partial charge >= 0.3 is 0 Å². The third-order valence-corrected chi connectivity index (χ3v) is 3.69. The highest BCUT2D eigenvalue weighted by Crippen LogP contribution is 2.25. The van der Waals surface area contributed by atoms with Gasteiger partial charge in [0.15, 0.2) is 0 Å². The van der Waals surface area contributed by atoms with Crippen molar-refractivity contribution in [3.05, 3.63) is 40.9 Å². The number of aromatic nitrogens is 4. The molecule has 0 radical (unpaired) electrons. The topological polar surface area (TPSA) is 43.6 Å². The minimum atomic E-state index is -0.134. The van der Waals surface area contributed by atoms with Crippen LogP contribution in [0.5, 0.6) is 0 Å². The van der Waals surface area contributed by atoms with Crippen molar-refractivity contribution >= 4 is 34.0 Å². The first-order valence-electron chi connectivity index (χ1n) is 5.57. The molecule has 0 aliphatic carbocycles. The van der Waals surface area contributed by atoms with Crippen molar-refractivity contribution in [3.63, 3.8) is 0 Å². The lowest BCUT2D eigenvalue weighted by Crippen LogP contribution is -2.04. The summed E-state index contributed by atoms with van der Waals surface area (Å²) in [5.41, 5.74) is 3.77. The summed E-state index contributed by atoms with van der Waals surface area (Å²) in [6.45, 7) is 2.68. The van der Waals surface area contributed by atoms with Gasteiger partial charge in [0.2, 0.25) is 0 Å². The molecular formula is C12H11ClN4S. The molecule has 0 amide bonds. The molecule has 18 heavy (non-hydrogen) atoms. The number of fused-ring (bicyclic) bond motifs is 1. The van der Waals surface area contributed by atoms with Crippen molar-refractivity contribution in [2.45, 2.75) is 18.8 Å². The van der Waals surface area contributed by atoms with E-state index in [1.54, 1.807) is 23.7 Å². The molecule has 3 rings (SSSR count). The molecule has 0 spiro atoms. The smallest absolute Gasteiger partial charge is 0.128 e. The fourth-order valence-electron chi connectivity index (χ4n) is 1.95. The zero-order chi connectivity index (χ0) is 12.5. The standard InChI is InChI=1S/C12H11ClN4S/c1-8(13)12-16-10-5-14-3-2-11(10)17(12)6-9-4-15-7-18-9/h2-5,7-8H,6H2,1H3. The number of rotatable bonds is 3. The second-order valence-corrected chi connectivity index (χ2v) is 5.63. The fraction of sp³-hybridized carbons (Fsp3) is 0.250. The molecule has 1 unspecified atom stereocenters. The Bertz CT molecular complexity index is 660. The van der Waals surface area contributed by atoms with Gasteiger partial charge in [-0.25, -0.2) is 4.98 Å². The number of halogens is 1. The van der Waals surface area contributed by atoms with E-state index in [2.05, 4.69) is 19.5 Å². The first-order chi connectivity index (χ1) is 8.75. The Morgan fingerprint density at radius 1 is 1.39 bits per heavy atom. The Morgan fingerprint density at radius 2 is 2.28 bits per heavy atom. The SMILES string of the molecule is CC(Cl)c1nc2cnccc2n1Cc1cncs1. The van der Waals surface area contributed by atoms with E-state index >= 15 is 0 Å². The van der Waals surface area contributed by atoms with Gasteiger partial charge in [-0.15, -0.1) is 22.9 Å². The molecule has 92 valence electrons. The van der Waals surface area contributed by atoms with Crippen LogP contribution in [0.15, 0.2) is 30.2 Å². The molecule has 1 atom stereocenters. The van der Waals surface area contributed by atoms with Crippen LogP contribution in [-0.2, 0) is 6.54 Å². The Balaban J connectivity index is 2.15. The summed E-state index contributed by atoms with van der Waals surface area (Å²) in [7, 11) is 0. The van der Waals surface area contributed by atoms with Gasteiger partial charge in [0.25, 0.3) is 0 Å². The largest absolute Gasteiger partial charge is 0.321 e. The van der Waals surface area contributed by atoms with Crippen LogP contribution in [0.3, 0.4) is 0 Å². The van der Waals surface area contributed by atoms with E-state index in [9.17, 15) is 0 Å². The maximum absolute atomic E-state index is 6.20. The molecular weight excluding hydrogens is 268 g/mol. The van der Waals surface area contributed by atoms with Crippen LogP contribution in [0.2, 0.25) is 0 Å². The van der Waals surface area contributed by atoms with Gasteiger partial charge in [0.05, 0.1) is 29.1 Å². The number of pyridine rings is 1. The highest BCUT2D eigenvalue weighted by atomic mass is 35.5. The highest BCUT2D eigenvalue weighted by molar-refractivity contribution is 7.09. The summed E-state index contributed by atoms with van der Waals surface area (Å²) < 4.78 is 2.13. The molecule has 0 N–H and O–H groups in total. The average Bonchev–Trinajstić information content (AvgIpc) is 2.98. The molecule has 0 saturated carbocycles. The van der Waals surface area contributed by atoms with E-state index in [-0.39, 0.29) is 5.38 Å². The zero-order valence-electron chi connectivity index (χ0n) is 9.75. The van der Waals surface area contributed by atoms with Crippen LogP contribution < -0.4 is 0 Å². The first kappa shape index (κ1) is 11.6. The van der Waals surface area contributed by atoms with E-state index in [0.29, 0.717) is 0 Å². The molecule has 6 heteroatoms. The van der Waals surface area contributed by atoms with Gasteiger partial charge in [0, 0.05) is 17.3 Å². The minimum Gasteiger partial charge on any atom is -0.321 e. The van der Waals surface area contributed by atoms with E-state index in [0.717, 1.165) is 23.4 Å². The van der Waals surface area contributed by atoms with Crippen LogP contribution in [0.25, 0.3) is 11.0 Å². The van der Waals surface area contributed by atoms with E-state index in [1.165, 1.54) is 4.88 Å². The van der Waals surface area contributed by atoms with Crippen molar-refractivity contribution in [1.29, 1.82) is 0 Å². The summed E-state index contributed by atoms with van der Waals surface area (Å²) in [6, 6.07) is 1.96. The Labute approximate surface area is 113 Å². The van der Waals surface area contributed by atoms with Crippen molar-refractivity contribution in [1.82, 2.24) is 19.5 Å². The summed E-state index contributed by atoms with van der Waals surface area (Å²) >= 11 is 7.84. The van der Waals surface area contributed by atoms with Crippen LogP contribution in [0.4, 0.5) is 0 Å².